The van der Waals surface area contributed by atoms with E-state index in [0.717, 1.165) is 6.42 Å². The summed E-state index contributed by atoms with van der Waals surface area (Å²) in [5.41, 5.74) is 0. The van der Waals surface area contributed by atoms with Crippen LogP contribution in [0, 0.1) is 5.92 Å². The van der Waals surface area contributed by atoms with Gasteiger partial charge in [0.05, 0.1) is 5.01 Å². The smallest absolute Gasteiger partial charge is 0.0936 e. The minimum atomic E-state index is 0.564. The van der Waals surface area contributed by atoms with Crippen molar-refractivity contribution in [2.24, 2.45) is 5.92 Å². The molecule has 1 rings (SSSR count). The Hall–Kier alpha value is 0.110. The fourth-order valence-corrected chi connectivity index (χ4v) is 1.95. The Labute approximate surface area is 80.0 Å². The van der Waals surface area contributed by atoms with Gasteiger partial charge in [-0.15, -0.1) is 11.3 Å². The monoisotopic (exact) mass is 233 g/mol. The van der Waals surface area contributed by atoms with Gasteiger partial charge < -0.3 is 0 Å². The van der Waals surface area contributed by atoms with Crippen molar-refractivity contribution in [1.82, 2.24) is 4.98 Å². The molecule has 0 spiro atoms. The molecule has 11 heavy (non-hydrogen) atoms. The molecule has 0 bridgehead atoms. The molecule has 0 saturated carbocycles. The van der Waals surface area contributed by atoms with E-state index in [4.69, 9.17) is 0 Å². The summed E-state index contributed by atoms with van der Waals surface area (Å²) in [4.78, 5) is 4.79. The largest absolute Gasteiger partial charge is 0.250 e. The minimum absolute atomic E-state index is 0.564. The maximum absolute atomic E-state index is 4.23. The molecule has 1 heterocycles. The number of hydrogen-bond donors (Lipinski definition) is 0. The van der Waals surface area contributed by atoms with Crippen LogP contribution in [-0.4, -0.2) is 9.81 Å². The Morgan fingerprint density at radius 1 is 1.64 bits per heavy atom. The average molecular weight is 234 g/mol. The summed E-state index contributed by atoms with van der Waals surface area (Å²) in [6.07, 6.45) is 2.91. The summed E-state index contributed by atoms with van der Waals surface area (Å²) in [6.45, 7) is 4.43. The van der Waals surface area contributed by atoms with E-state index < -0.39 is 0 Å². The maximum Gasteiger partial charge on any atom is 0.0936 e. The molecule has 0 aromatic carbocycles. The summed E-state index contributed by atoms with van der Waals surface area (Å²) >= 11 is 5.36. The van der Waals surface area contributed by atoms with Crippen LogP contribution >= 0.6 is 27.3 Å². The van der Waals surface area contributed by atoms with Crippen LogP contribution in [0.3, 0.4) is 0 Å². The van der Waals surface area contributed by atoms with Gasteiger partial charge in [0.15, 0.2) is 0 Å². The lowest BCUT2D eigenvalue weighted by Gasteiger charge is -2.10. The van der Waals surface area contributed by atoms with E-state index in [-0.39, 0.29) is 0 Å². The van der Waals surface area contributed by atoms with Crippen molar-refractivity contribution >= 4 is 27.3 Å². The van der Waals surface area contributed by atoms with E-state index in [0.29, 0.717) is 10.7 Å². The van der Waals surface area contributed by atoms with Crippen molar-refractivity contribution in [1.29, 1.82) is 0 Å². The second-order valence-corrected chi connectivity index (χ2v) is 5.05. The lowest BCUT2D eigenvalue weighted by Crippen LogP contribution is -2.09. The average Bonchev–Trinajstić information content (AvgIpc) is 2.39. The van der Waals surface area contributed by atoms with Crippen LogP contribution in [0.15, 0.2) is 11.6 Å². The molecule has 0 fully saturated rings. The predicted octanol–water partition coefficient (Wildman–Crippen LogP) is 3.11. The Morgan fingerprint density at radius 2 is 2.36 bits per heavy atom. The highest BCUT2D eigenvalue weighted by atomic mass is 79.9. The summed E-state index contributed by atoms with van der Waals surface area (Å²) in [5, 5.41) is 3.25. The van der Waals surface area contributed by atoms with E-state index in [2.05, 4.69) is 34.8 Å². The normalized spacial score (nSPS) is 13.8. The summed E-state index contributed by atoms with van der Waals surface area (Å²) in [7, 11) is 0. The Morgan fingerprint density at radius 3 is 2.82 bits per heavy atom. The molecule has 0 radical (unpaired) electrons. The molecule has 0 saturated heterocycles. The third-order valence-corrected chi connectivity index (χ3v) is 3.76. The molecular formula is C8H12BrNS. The lowest BCUT2D eigenvalue weighted by molar-refractivity contribution is 0.612. The van der Waals surface area contributed by atoms with Crippen LogP contribution in [0.1, 0.15) is 18.9 Å². The van der Waals surface area contributed by atoms with Crippen LogP contribution in [0.25, 0.3) is 0 Å². The first-order valence-electron chi connectivity index (χ1n) is 3.72. The molecule has 3 heteroatoms. The second kappa shape index (κ2) is 4.21. The lowest BCUT2D eigenvalue weighted by atomic mass is 10.1. The molecule has 1 aromatic heterocycles. The highest BCUT2D eigenvalue weighted by Crippen LogP contribution is 2.18. The topological polar surface area (TPSA) is 12.9 Å². The third kappa shape index (κ3) is 2.91. The highest BCUT2D eigenvalue weighted by Gasteiger charge is 2.10. The molecule has 1 nitrogen and oxygen atoms in total. The summed E-state index contributed by atoms with van der Waals surface area (Å²) < 4.78 is 0. The van der Waals surface area contributed by atoms with Crippen LogP contribution < -0.4 is 0 Å². The highest BCUT2D eigenvalue weighted by molar-refractivity contribution is 9.09. The SMILES string of the molecule is CC(C)C(Br)Cc1nccs1. The van der Waals surface area contributed by atoms with Gasteiger partial charge in [0.1, 0.15) is 0 Å². The number of nitrogens with zero attached hydrogens (tertiary/aromatic N) is 1. The van der Waals surface area contributed by atoms with Crippen LogP contribution in [0.5, 0.6) is 0 Å². The fraction of sp³-hybridized carbons (Fsp3) is 0.625. The second-order valence-electron chi connectivity index (χ2n) is 2.89. The predicted molar refractivity (Wildman–Crippen MR) is 53.4 cm³/mol. The van der Waals surface area contributed by atoms with Crippen LogP contribution in [-0.2, 0) is 6.42 Å². The number of alkyl halides is 1. The molecule has 1 unspecified atom stereocenters. The van der Waals surface area contributed by atoms with E-state index in [1.165, 1.54) is 5.01 Å². The molecular weight excluding hydrogens is 222 g/mol. The number of rotatable bonds is 3. The fourth-order valence-electron chi connectivity index (χ4n) is 0.756. The Kier molecular flexibility index (Phi) is 3.52. The molecule has 62 valence electrons. The summed E-state index contributed by atoms with van der Waals surface area (Å²) in [6, 6.07) is 0. The standard InChI is InChI=1S/C8H12BrNS/c1-6(2)7(9)5-8-10-3-4-11-8/h3-4,6-7H,5H2,1-2H3. The molecule has 0 aliphatic carbocycles. The van der Waals surface area contributed by atoms with Crippen molar-refractivity contribution in [3.8, 4) is 0 Å². The molecule has 0 aliphatic heterocycles. The van der Waals surface area contributed by atoms with Gasteiger partial charge in [0.2, 0.25) is 0 Å². The zero-order valence-corrected chi connectivity index (χ0v) is 9.15. The Balaban J connectivity index is 2.43. The van der Waals surface area contributed by atoms with Gasteiger partial charge >= 0.3 is 0 Å². The number of thiazole rings is 1. The van der Waals surface area contributed by atoms with Gasteiger partial charge in [-0.25, -0.2) is 4.98 Å². The van der Waals surface area contributed by atoms with Gasteiger partial charge in [0, 0.05) is 22.8 Å². The number of hydrogen-bond acceptors (Lipinski definition) is 2. The minimum Gasteiger partial charge on any atom is -0.250 e. The van der Waals surface area contributed by atoms with Gasteiger partial charge in [-0.3, -0.25) is 0 Å². The van der Waals surface area contributed by atoms with E-state index >= 15 is 0 Å². The first kappa shape index (κ1) is 9.20. The molecule has 0 amide bonds. The van der Waals surface area contributed by atoms with Crippen LogP contribution in [0.2, 0.25) is 0 Å². The molecule has 0 aliphatic rings. The maximum atomic E-state index is 4.23. The zero-order valence-electron chi connectivity index (χ0n) is 6.75. The first-order chi connectivity index (χ1) is 5.20. The molecule has 1 atom stereocenters. The van der Waals surface area contributed by atoms with Crippen molar-refractivity contribution in [3.05, 3.63) is 16.6 Å². The van der Waals surface area contributed by atoms with Crippen LogP contribution in [0.4, 0.5) is 0 Å². The van der Waals surface area contributed by atoms with Gasteiger partial charge in [0.25, 0.3) is 0 Å². The quantitative estimate of drug-likeness (QED) is 0.732. The number of halogens is 1. The summed E-state index contributed by atoms with van der Waals surface area (Å²) in [5.74, 6) is 0.680. The van der Waals surface area contributed by atoms with Gasteiger partial charge in [-0.1, -0.05) is 29.8 Å². The zero-order chi connectivity index (χ0) is 8.27. The Bertz CT molecular complexity index is 196. The van der Waals surface area contributed by atoms with E-state index in [9.17, 15) is 0 Å². The van der Waals surface area contributed by atoms with Crippen molar-refractivity contribution in [2.45, 2.75) is 25.1 Å². The number of aromatic nitrogens is 1. The van der Waals surface area contributed by atoms with Gasteiger partial charge in [-0.2, -0.15) is 0 Å². The first-order valence-corrected chi connectivity index (χ1v) is 5.52. The van der Waals surface area contributed by atoms with Gasteiger partial charge in [-0.05, 0) is 5.92 Å². The van der Waals surface area contributed by atoms with Crippen molar-refractivity contribution < 1.29 is 0 Å². The van der Waals surface area contributed by atoms with E-state index in [1.807, 2.05) is 11.6 Å². The van der Waals surface area contributed by atoms with E-state index in [1.54, 1.807) is 11.3 Å². The molecule has 1 aromatic rings. The van der Waals surface area contributed by atoms with Crippen molar-refractivity contribution in [3.63, 3.8) is 0 Å². The molecule has 0 N–H and O–H groups in total. The third-order valence-electron chi connectivity index (χ3n) is 1.58. The van der Waals surface area contributed by atoms with Crippen molar-refractivity contribution in [2.75, 3.05) is 0 Å².